The van der Waals surface area contributed by atoms with Gasteiger partial charge in [0, 0.05) is 5.56 Å². The van der Waals surface area contributed by atoms with Crippen molar-refractivity contribution in [3.8, 4) is 17.1 Å². The summed E-state index contributed by atoms with van der Waals surface area (Å²) >= 11 is -2.11. The van der Waals surface area contributed by atoms with E-state index in [0.717, 1.165) is 16.3 Å². The van der Waals surface area contributed by atoms with E-state index in [1.807, 2.05) is 42.5 Å². The number of pyridine rings is 1. The molecule has 21 heavy (non-hydrogen) atoms. The predicted molar refractivity (Wildman–Crippen MR) is 82.8 cm³/mol. The Bertz CT molecular complexity index is 833. The van der Waals surface area contributed by atoms with E-state index < -0.39 is 11.1 Å². The Hall–Kier alpha value is -2.24. The molecule has 1 aromatic heterocycles. The van der Waals surface area contributed by atoms with E-state index in [-0.39, 0.29) is 10.8 Å². The molecule has 2 aromatic carbocycles. The maximum atomic E-state index is 11.2. The molecule has 5 heteroatoms. The van der Waals surface area contributed by atoms with E-state index in [4.69, 9.17) is 4.74 Å². The lowest BCUT2D eigenvalue weighted by atomic mass is 10.0. The maximum absolute atomic E-state index is 11.2. The first-order valence-corrected chi connectivity index (χ1v) is 7.45. The monoisotopic (exact) mass is 299 g/mol. The van der Waals surface area contributed by atoms with Crippen molar-refractivity contribution < 1.29 is 13.5 Å². The van der Waals surface area contributed by atoms with E-state index in [1.165, 1.54) is 7.11 Å². The van der Waals surface area contributed by atoms with Gasteiger partial charge in [-0.25, -0.2) is 9.19 Å². The molecule has 1 unspecified atom stereocenters. The van der Waals surface area contributed by atoms with Gasteiger partial charge in [0.1, 0.15) is 4.90 Å². The fourth-order valence-corrected chi connectivity index (χ4v) is 2.68. The van der Waals surface area contributed by atoms with Gasteiger partial charge < -0.3 is 9.29 Å². The molecular formula is C16H13NO3S. The minimum atomic E-state index is -2.11. The second kappa shape index (κ2) is 5.63. The van der Waals surface area contributed by atoms with Gasteiger partial charge >= 0.3 is 0 Å². The summed E-state index contributed by atoms with van der Waals surface area (Å²) in [5.41, 5.74) is 1.63. The number of ether oxygens (including phenoxy) is 1. The molecule has 0 saturated heterocycles. The number of benzene rings is 2. The Balaban J connectivity index is 2.11. The number of nitrogens with zero attached hydrogens (tertiary/aromatic N) is 1. The van der Waals surface area contributed by atoms with E-state index in [9.17, 15) is 8.76 Å². The summed E-state index contributed by atoms with van der Waals surface area (Å²) in [7, 11) is 1.43. The zero-order valence-corrected chi connectivity index (χ0v) is 12.1. The van der Waals surface area contributed by atoms with Gasteiger partial charge in [-0.15, -0.1) is 0 Å². The lowest BCUT2D eigenvalue weighted by Gasteiger charge is -2.08. The van der Waals surface area contributed by atoms with E-state index in [0.29, 0.717) is 5.69 Å². The molecule has 106 valence electrons. The second-order valence-corrected chi connectivity index (χ2v) is 5.45. The first-order chi connectivity index (χ1) is 10.2. The second-order valence-electron chi connectivity index (χ2n) is 4.51. The summed E-state index contributed by atoms with van der Waals surface area (Å²) in [4.78, 5) is 4.48. The van der Waals surface area contributed by atoms with Crippen molar-refractivity contribution in [3.63, 3.8) is 0 Å². The Labute approximate surface area is 124 Å². The van der Waals surface area contributed by atoms with Crippen LogP contribution in [0.15, 0.2) is 59.5 Å². The summed E-state index contributed by atoms with van der Waals surface area (Å²) in [5.74, 6) is 0.168. The van der Waals surface area contributed by atoms with E-state index >= 15 is 0 Å². The van der Waals surface area contributed by atoms with Crippen LogP contribution in [0.25, 0.3) is 22.0 Å². The zero-order valence-electron chi connectivity index (χ0n) is 11.3. The molecule has 0 bridgehead atoms. The predicted octanol–water partition coefficient (Wildman–Crippen LogP) is 3.49. The van der Waals surface area contributed by atoms with Crippen molar-refractivity contribution in [1.82, 2.24) is 4.98 Å². The number of fused-ring (bicyclic) bond motifs is 1. The number of hydrogen-bond acceptors (Lipinski definition) is 3. The topological polar surface area (TPSA) is 59.4 Å². The normalized spacial score (nSPS) is 12.3. The molecule has 0 aliphatic carbocycles. The smallest absolute Gasteiger partial charge is 0.232 e. The van der Waals surface area contributed by atoms with Crippen molar-refractivity contribution in [2.45, 2.75) is 4.90 Å². The van der Waals surface area contributed by atoms with Crippen LogP contribution in [0.4, 0.5) is 0 Å². The first kappa shape index (κ1) is 13.7. The van der Waals surface area contributed by atoms with Crippen molar-refractivity contribution in [1.29, 1.82) is 0 Å². The molecule has 0 radical (unpaired) electrons. The lowest BCUT2D eigenvalue weighted by molar-refractivity contribution is 0.385. The summed E-state index contributed by atoms with van der Waals surface area (Å²) < 4.78 is 25.5. The van der Waals surface area contributed by atoms with Crippen LogP contribution in [0.2, 0.25) is 0 Å². The van der Waals surface area contributed by atoms with Gasteiger partial charge in [0.2, 0.25) is 5.88 Å². The maximum Gasteiger partial charge on any atom is 0.232 e. The Morgan fingerprint density at radius 3 is 2.52 bits per heavy atom. The molecule has 3 aromatic rings. The van der Waals surface area contributed by atoms with Crippen LogP contribution in [0, 0.1) is 0 Å². The molecule has 3 rings (SSSR count). The van der Waals surface area contributed by atoms with Crippen molar-refractivity contribution in [3.05, 3.63) is 54.6 Å². The average molecular weight is 299 g/mol. The molecule has 0 amide bonds. The third-order valence-electron chi connectivity index (χ3n) is 3.25. The highest BCUT2D eigenvalue weighted by Crippen LogP contribution is 2.27. The molecule has 1 heterocycles. The molecule has 0 saturated carbocycles. The fourth-order valence-electron chi connectivity index (χ4n) is 2.22. The molecular weight excluding hydrogens is 286 g/mol. The van der Waals surface area contributed by atoms with Crippen LogP contribution in [-0.4, -0.2) is 20.9 Å². The molecule has 0 aliphatic heterocycles. The number of aromatic nitrogens is 1. The largest absolute Gasteiger partial charge is 0.480 e. The highest BCUT2D eigenvalue weighted by atomic mass is 32.2. The minimum absolute atomic E-state index is 0.168. The third-order valence-corrected chi connectivity index (χ3v) is 3.94. The highest BCUT2D eigenvalue weighted by molar-refractivity contribution is 7.79. The van der Waals surface area contributed by atoms with Gasteiger partial charge in [-0.05, 0) is 29.0 Å². The van der Waals surface area contributed by atoms with Crippen LogP contribution in [-0.2, 0) is 11.1 Å². The molecule has 0 spiro atoms. The van der Waals surface area contributed by atoms with Gasteiger partial charge in [-0.3, -0.25) is 0 Å². The SMILES string of the molecule is COc1nc(-c2ccc3ccccc3c2)ccc1S(=O)O. The Morgan fingerprint density at radius 1 is 1.05 bits per heavy atom. The summed E-state index contributed by atoms with van der Waals surface area (Å²) in [6.45, 7) is 0. The minimum Gasteiger partial charge on any atom is -0.480 e. The molecule has 1 atom stereocenters. The van der Waals surface area contributed by atoms with Crippen molar-refractivity contribution in [2.75, 3.05) is 7.11 Å². The Morgan fingerprint density at radius 2 is 1.81 bits per heavy atom. The van der Waals surface area contributed by atoms with Gasteiger partial charge in [-0.1, -0.05) is 36.4 Å². The van der Waals surface area contributed by atoms with Gasteiger partial charge in [0.25, 0.3) is 0 Å². The average Bonchev–Trinajstić information content (AvgIpc) is 2.53. The van der Waals surface area contributed by atoms with Gasteiger partial charge in [0.15, 0.2) is 11.1 Å². The Kier molecular flexibility index (Phi) is 3.68. The standard InChI is InChI=1S/C16H13NO3S/c1-20-16-15(21(18)19)9-8-14(17-16)13-7-6-11-4-2-3-5-12(11)10-13/h2-10H,1H3,(H,18,19). The van der Waals surface area contributed by atoms with Gasteiger partial charge in [-0.2, -0.15) is 0 Å². The van der Waals surface area contributed by atoms with Crippen molar-refractivity contribution in [2.24, 2.45) is 0 Å². The van der Waals surface area contributed by atoms with E-state index in [2.05, 4.69) is 4.98 Å². The van der Waals surface area contributed by atoms with Gasteiger partial charge in [0.05, 0.1) is 12.8 Å². The van der Waals surface area contributed by atoms with Crippen LogP contribution in [0.3, 0.4) is 0 Å². The number of rotatable bonds is 3. The summed E-state index contributed by atoms with van der Waals surface area (Å²) in [6, 6.07) is 17.4. The summed E-state index contributed by atoms with van der Waals surface area (Å²) in [6.07, 6.45) is 0. The molecule has 4 nitrogen and oxygen atoms in total. The molecule has 0 aliphatic rings. The third kappa shape index (κ3) is 2.66. The summed E-state index contributed by atoms with van der Waals surface area (Å²) in [5, 5.41) is 2.27. The first-order valence-electron chi connectivity index (χ1n) is 6.34. The van der Waals surface area contributed by atoms with Crippen LogP contribution < -0.4 is 4.74 Å². The van der Waals surface area contributed by atoms with Crippen LogP contribution >= 0.6 is 0 Å². The van der Waals surface area contributed by atoms with E-state index in [1.54, 1.807) is 12.1 Å². The fraction of sp³-hybridized carbons (Fsp3) is 0.0625. The number of hydrogen-bond donors (Lipinski definition) is 1. The molecule has 0 fully saturated rings. The lowest BCUT2D eigenvalue weighted by Crippen LogP contribution is -1.98. The molecule has 1 N–H and O–H groups in total. The van der Waals surface area contributed by atoms with Crippen LogP contribution in [0.5, 0.6) is 5.88 Å². The zero-order chi connectivity index (χ0) is 14.8. The quantitative estimate of drug-likeness (QED) is 0.752. The number of methoxy groups -OCH3 is 1. The highest BCUT2D eigenvalue weighted by Gasteiger charge is 2.12. The van der Waals surface area contributed by atoms with Crippen LogP contribution in [0.1, 0.15) is 0 Å². The van der Waals surface area contributed by atoms with Crippen molar-refractivity contribution >= 4 is 21.9 Å².